The monoisotopic (exact) mass is 210 g/mol. The van der Waals surface area contributed by atoms with Gasteiger partial charge in [0.25, 0.3) is 12.2 Å². The molecule has 0 radical (unpaired) electrons. The fourth-order valence-electron chi connectivity index (χ4n) is 1.42. The first-order valence-corrected chi connectivity index (χ1v) is 4.17. The van der Waals surface area contributed by atoms with Gasteiger partial charge >= 0.3 is 6.09 Å². The van der Waals surface area contributed by atoms with Crippen molar-refractivity contribution < 1.29 is 19.1 Å². The molecule has 0 spiro atoms. The van der Waals surface area contributed by atoms with Gasteiger partial charge in [0.1, 0.15) is 0 Å². The zero-order chi connectivity index (χ0) is 11.0. The minimum Gasteiger partial charge on any atom is -0.465 e. The van der Waals surface area contributed by atoms with Crippen LogP contribution in [0.25, 0.3) is 0 Å². The first kappa shape index (κ1) is 9.45. The van der Waals surface area contributed by atoms with Crippen LogP contribution in [0.15, 0.2) is 24.3 Å². The Balaban J connectivity index is 2.54. The van der Waals surface area contributed by atoms with Gasteiger partial charge in [0.05, 0.1) is 11.4 Å². The number of fused-ring (bicyclic) bond motifs is 1. The van der Waals surface area contributed by atoms with E-state index in [-0.39, 0.29) is 5.69 Å². The summed E-state index contributed by atoms with van der Waals surface area (Å²) in [5.41, 5.74) is 0.427. The molecule has 1 heterocycles. The van der Waals surface area contributed by atoms with Gasteiger partial charge in [0.15, 0.2) is 0 Å². The third kappa shape index (κ3) is 1.39. The van der Waals surface area contributed by atoms with Gasteiger partial charge in [0, 0.05) is 0 Å². The molecule has 1 unspecified atom stereocenters. The third-order valence-corrected chi connectivity index (χ3v) is 2.07. The smallest absolute Gasteiger partial charge is 0.414 e. The van der Waals surface area contributed by atoms with Crippen LogP contribution in [-0.2, 0) is 4.79 Å². The van der Waals surface area contributed by atoms with Crippen LogP contribution >= 0.6 is 0 Å². The maximum absolute atomic E-state index is 13.3. The largest absolute Gasteiger partial charge is 0.465 e. The van der Waals surface area contributed by atoms with Crippen LogP contribution in [0.4, 0.5) is 20.6 Å². The molecule has 1 aliphatic heterocycles. The van der Waals surface area contributed by atoms with E-state index in [9.17, 15) is 14.0 Å². The van der Waals surface area contributed by atoms with E-state index in [0.29, 0.717) is 10.6 Å². The maximum Gasteiger partial charge on any atom is 0.414 e. The van der Waals surface area contributed by atoms with Gasteiger partial charge in [-0.3, -0.25) is 4.79 Å². The zero-order valence-electron chi connectivity index (χ0n) is 7.48. The highest BCUT2D eigenvalue weighted by Crippen LogP contribution is 2.31. The van der Waals surface area contributed by atoms with Crippen LogP contribution in [0.3, 0.4) is 0 Å². The molecule has 2 N–H and O–H groups in total. The molecule has 2 rings (SSSR count). The molecule has 2 amide bonds. The van der Waals surface area contributed by atoms with Gasteiger partial charge in [-0.1, -0.05) is 12.1 Å². The van der Waals surface area contributed by atoms with Crippen molar-refractivity contribution in [2.24, 2.45) is 0 Å². The summed E-state index contributed by atoms with van der Waals surface area (Å²) in [6.45, 7) is 0. The first-order chi connectivity index (χ1) is 7.11. The topological polar surface area (TPSA) is 69.6 Å². The van der Waals surface area contributed by atoms with Gasteiger partial charge in [-0.2, -0.15) is 0 Å². The van der Waals surface area contributed by atoms with E-state index in [1.807, 2.05) is 0 Å². The van der Waals surface area contributed by atoms with Crippen molar-refractivity contribution in [3.63, 3.8) is 0 Å². The van der Waals surface area contributed by atoms with Crippen molar-refractivity contribution in [2.75, 3.05) is 10.2 Å². The second-order valence-electron chi connectivity index (χ2n) is 2.99. The van der Waals surface area contributed by atoms with E-state index in [4.69, 9.17) is 5.11 Å². The van der Waals surface area contributed by atoms with Crippen molar-refractivity contribution in [1.29, 1.82) is 0 Å². The molecular formula is C9H7FN2O3. The fraction of sp³-hybridized carbons (Fsp3) is 0.111. The van der Waals surface area contributed by atoms with Crippen LogP contribution in [-0.4, -0.2) is 23.4 Å². The number of carbonyl (C=O) groups excluding carboxylic acids is 1. The molecule has 0 bridgehead atoms. The van der Waals surface area contributed by atoms with E-state index < -0.39 is 18.3 Å². The predicted molar refractivity (Wildman–Crippen MR) is 50.5 cm³/mol. The second-order valence-corrected chi connectivity index (χ2v) is 2.99. The lowest BCUT2D eigenvalue weighted by Gasteiger charge is -2.29. The van der Waals surface area contributed by atoms with Crippen LogP contribution in [0.2, 0.25) is 0 Å². The molecule has 78 valence electrons. The lowest BCUT2D eigenvalue weighted by atomic mass is 10.2. The number of anilines is 2. The molecule has 1 atom stereocenters. The number of hydrogen-bond donors (Lipinski definition) is 2. The summed E-state index contributed by atoms with van der Waals surface area (Å²) in [6, 6.07) is 6.13. The Morgan fingerprint density at radius 3 is 2.80 bits per heavy atom. The number of carboxylic acid groups (broad SMARTS) is 1. The minimum atomic E-state index is -2.20. The normalized spacial score (nSPS) is 19.4. The number of carbonyl (C=O) groups is 2. The molecule has 0 fully saturated rings. The molecule has 15 heavy (non-hydrogen) atoms. The lowest BCUT2D eigenvalue weighted by Crippen LogP contribution is -2.48. The molecule has 1 aliphatic rings. The Kier molecular flexibility index (Phi) is 2.03. The number of nitrogens with zero attached hydrogens (tertiary/aromatic N) is 1. The van der Waals surface area contributed by atoms with Crippen molar-refractivity contribution >= 4 is 23.4 Å². The van der Waals surface area contributed by atoms with Gasteiger partial charge in [-0.15, -0.1) is 0 Å². The van der Waals surface area contributed by atoms with E-state index >= 15 is 0 Å². The summed E-state index contributed by atoms with van der Waals surface area (Å²) in [5, 5.41) is 11.1. The van der Waals surface area contributed by atoms with Crippen molar-refractivity contribution in [3.8, 4) is 0 Å². The Bertz CT molecular complexity index is 435. The standard InChI is InChI=1S/C9H7FN2O3/c10-7-8(13)11-5-3-1-2-4-6(5)12(7)9(14)15/h1-4,7H,(H,11,13)(H,14,15). The van der Waals surface area contributed by atoms with Crippen molar-refractivity contribution in [2.45, 2.75) is 6.30 Å². The van der Waals surface area contributed by atoms with Crippen LogP contribution in [0.1, 0.15) is 0 Å². The van der Waals surface area contributed by atoms with E-state index in [0.717, 1.165) is 0 Å². The Morgan fingerprint density at radius 2 is 2.13 bits per heavy atom. The van der Waals surface area contributed by atoms with Crippen LogP contribution in [0, 0.1) is 0 Å². The summed E-state index contributed by atoms with van der Waals surface area (Å²) in [7, 11) is 0. The van der Waals surface area contributed by atoms with E-state index in [1.54, 1.807) is 12.1 Å². The molecule has 6 heteroatoms. The molecule has 0 aliphatic carbocycles. The molecule has 1 aromatic carbocycles. The molecule has 0 saturated heterocycles. The van der Waals surface area contributed by atoms with Crippen molar-refractivity contribution in [3.05, 3.63) is 24.3 Å². The second kappa shape index (κ2) is 3.23. The first-order valence-electron chi connectivity index (χ1n) is 4.17. The highest BCUT2D eigenvalue weighted by atomic mass is 19.1. The molecule has 0 aromatic heterocycles. The summed E-state index contributed by atoms with van der Waals surface area (Å²) in [6.07, 6.45) is -3.69. The van der Waals surface area contributed by atoms with E-state index in [1.165, 1.54) is 12.1 Å². The number of rotatable bonds is 0. The SMILES string of the molecule is O=C1Nc2ccccc2N(C(=O)O)C1F. The number of hydrogen-bond acceptors (Lipinski definition) is 2. The van der Waals surface area contributed by atoms with Crippen LogP contribution < -0.4 is 10.2 Å². The van der Waals surface area contributed by atoms with E-state index in [2.05, 4.69) is 5.32 Å². The quantitative estimate of drug-likeness (QED) is 0.636. The predicted octanol–water partition coefficient (Wildman–Crippen LogP) is 1.42. The average Bonchev–Trinajstić information content (AvgIpc) is 2.19. The summed E-state index contributed by atoms with van der Waals surface area (Å²) < 4.78 is 13.3. The van der Waals surface area contributed by atoms with Crippen LogP contribution in [0.5, 0.6) is 0 Å². The average molecular weight is 210 g/mol. The molecule has 0 saturated carbocycles. The van der Waals surface area contributed by atoms with Gasteiger partial charge in [-0.05, 0) is 12.1 Å². The number of halogens is 1. The van der Waals surface area contributed by atoms with Gasteiger partial charge in [0.2, 0.25) is 0 Å². The highest BCUT2D eigenvalue weighted by molar-refractivity contribution is 6.09. The minimum absolute atomic E-state index is 0.136. The highest BCUT2D eigenvalue weighted by Gasteiger charge is 2.36. The Hall–Kier alpha value is -2.11. The lowest BCUT2D eigenvalue weighted by molar-refractivity contribution is -0.120. The maximum atomic E-state index is 13.3. The summed E-state index contributed by atoms with van der Waals surface area (Å²) >= 11 is 0. The number of amides is 2. The van der Waals surface area contributed by atoms with Crippen molar-refractivity contribution in [1.82, 2.24) is 0 Å². The number of para-hydroxylation sites is 2. The Morgan fingerprint density at radius 1 is 1.47 bits per heavy atom. The fourth-order valence-corrected chi connectivity index (χ4v) is 1.42. The summed E-state index contributed by atoms with van der Waals surface area (Å²) in [5.74, 6) is -0.976. The van der Waals surface area contributed by atoms with Gasteiger partial charge < -0.3 is 10.4 Å². The molecule has 1 aromatic rings. The molecule has 5 nitrogen and oxygen atoms in total. The van der Waals surface area contributed by atoms with Gasteiger partial charge in [-0.25, -0.2) is 14.1 Å². The summed E-state index contributed by atoms with van der Waals surface area (Å²) in [4.78, 5) is 22.3. The number of benzene rings is 1. The number of nitrogens with one attached hydrogen (secondary N) is 1. The third-order valence-electron chi connectivity index (χ3n) is 2.07. The number of alkyl halides is 1. The zero-order valence-corrected chi connectivity index (χ0v) is 7.48. The Labute approximate surface area is 84.1 Å². The molecular weight excluding hydrogens is 203 g/mol.